The van der Waals surface area contributed by atoms with Crippen molar-refractivity contribution in [3.8, 4) is 5.82 Å². The van der Waals surface area contributed by atoms with E-state index < -0.39 is 5.82 Å². The van der Waals surface area contributed by atoms with Gasteiger partial charge in [-0.3, -0.25) is 4.57 Å². The molecule has 0 unspecified atom stereocenters. The molecule has 2 heterocycles. The number of imidazole rings is 1. The van der Waals surface area contributed by atoms with Crippen molar-refractivity contribution in [2.75, 3.05) is 11.9 Å². The third-order valence-electron chi connectivity index (χ3n) is 3.31. The minimum Gasteiger partial charge on any atom is -0.337 e. The number of halogens is 1. The standard InChI is InChI=1S/C17H16FN5O/c18-13-3-1-5-15(11-13)22-17(24)20-8-7-14-4-2-6-16(21-14)23-10-9-19-12-23/h1-6,9-12H,7-8H2,(H2,20,22,24). The molecule has 0 atom stereocenters. The Kier molecular flexibility index (Phi) is 4.81. The molecule has 0 aliphatic carbocycles. The average molecular weight is 325 g/mol. The van der Waals surface area contributed by atoms with Crippen LogP contribution in [-0.4, -0.2) is 27.1 Å². The van der Waals surface area contributed by atoms with E-state index in [4.69, 9.17) is 0 Å². The predicted molar refractivity (Wildman–Crippen MR) is 88.5 cm³/mol. The summed E-state index contributed by atoms with van der Waals surface area (Å²) in [4.78, 5) is 20.3. The zero-order valence-corrected chi connectivity index (χ0v) is 12.8. The number of aromatic nitrogens is 3. The minimum atomic E-state index is -0.395. The molecule has 0 radical (unpaired) electrons. The first-order chi connectivity index (χ1) is 11.7. The Hall–Kier alpha value is -3.22. The maximum absolute atomic E-state index is 13.1. The normalized spacial score (nSPS) is 10.4. The van der Waals surface area contributed by atoms with Crippen LogP contribution in [0.1, 0.15) is 5.69 Å². The van der Waals surface area contributed by atoms with E-state index in [0.717, 1.165) is 11.5 Å². The van der Waals surface area contributed by atoms with Gasteiger partial charge in [-0.05, 0) is 30.3 Å². The summed E-state index contributed by atoms with van der Waals surface area (Å²) >= 11 is 0. The minimum absolute atomic E-state index is 0.383. The van der Waals surface area contributed by atoms with Crippen molar-refractivity contribution >= 4 is 11.7 Å². The van der Waals surface area contributed by atoms with Crippen LogP contribution in [-0.2, 0) is 6.42 Å². The summed E-state index contributed by atoms with van der Waals surface area (Å²) in [5.41, 5.74) is 1.26. The van der Waals surface area contributed by atoms with Crippen molar-refractivity contribution in [3.05, 3.63) is 72.7 Å². The van der Waals surface area contributed by atoms with E-state index in [-0.39, 0.29) is 6.03 Å². The molecule has 24 heavy (non-hydrogen) atoms. The van der Waals surface area contributed by atoms with Crippen molar-refractivity contribution in [1.29, 1.82) is 0 Å². The number of carbonyl (C=O) groups excluding carboxylic acids is 1. The highest BCUT2D eigenvalue weighted by Gasteiger charge is 2.04. The van der Waals surface area contributed by atoms with Crippen LogP contribution in [0, 0.1) is 5.82 Å². The molecule has 3 aromatic rings. The van der Waals surface area contributed by atoms with E-state index in [1.165, 1.54) is 18.2 Å². The third kappa shape index (κ3) is 4.16. The highest BCUT2D eigenvalue weighted by molar-refractivity contribution is 5.89. The number of benzene rings is 1. The van der Waals surface area contributed by atoms with Gasteiger partial charge in [0.1, 0.15) is 18.0 Å². The SMILES string of the molecule is O=C(NCCc1cccc(-n2ccnc2)n1)Nc1cccc(F)c1. The largest absolute Gasteiger partial charge is 0.337 e. The quantitative estimate of drug-likeness (QED) is 0.758. The number of nitrogens with one attached hydrogen (secondary N) is 2. The second-order valence-electron chi connectivity index (χ2n) is 5.10. The third-order valence-corrected chi connectivity index (χ3v) is 3.31. The maximum atomic E-state index is 13.1. The summed E-state index contributed by atoms with van der Waals surface area (Å²) in [5, 5.41) is 5.30. The van der Waals surface area contributed by atoms with Gasteiger partial charge in [0.15, 0.2) is 0 Å². The lowest BCUT2D eigenvalue weighted by Crippen LogP contribution is -2.30. The number of rotatable bonds is 5. The van der Waals surface area contributed by atoms with E-state index >= 15 is 0 Å². The lowest BCUT2D eigenvalue weighted by atomic mass is 10.2. The van der Waals surface area contributed by atoms with Crippen molar-refractivity contribution < 1.29 is 9.18 Å². The van der Waals surface area contributed by atoms with Gasteiger partial charge in [-0.15, -0.1) is 0 Å². The molecule has 0 spiro atoms. The number of nitrogens with zero attached hydrogens (tertiary/aromatic N) is 3. The number of anilines is 1. The summed E-state index contributed by atoms with van der Waals surface area (Å²) in [5.74, 6) is 0.377. The Morgan fingerprint density at radius 3 is 2.88 bits per heavy atom. The number of hydrogen-bond donors (Lipinski definition) is 2. The van der Waals surface area contributed by atoms with Gasteiger partial charge in [0.05, 0.1) is 0 Å². The zero-order chi connectivity index (χ0) is 16.8. The predicted octanol–water partition coefficient (Wildman–Crippen LogP) is 2.77. The fourth-order valence-electron chi connectivity index (χ4n) is 2.19. The smallest absolute Gasteiger partial charge is 0.319 e. The van der Waals surface area contributed by atoms with E-state index in [1.54, 1.807) is 18.6 Å². The Labute approximate surface area is 138 Å². The van der Waals surface area contributed by atoms with E-state index in [9.17, 15) is 9.18 Å². The van der Waals surface area contributed by atoms with Crippen molar-refractivity contribution in [3.63, 3.8) is 0 Å². The molecular weight excluding hydrogens is 309 g/mol. The lowest BCUT2D eigenvalue weighted by Gasteiger charge is -2.08. The average Bonchev–Trinajstić information content (AvgIpc) is 3.10. The summed E-state index contributed by atoms with van der Waals surface area (Å²) in [6.45, 7) is 0.418. The van der Waals surface area contributed by atoms with Crippen molar-refractivity contribution in [2.24, 2.45) is 0 Å². The molecule has 0 saturated heterocycles. The number of urea groups is 1. The van der Waals surface area contributed by atoms with Crippen LogP contribution in [0.15, 0.2) is 61.2 Å². The molecule has 0 aliphatic rings. The molecule has 1 aromatic carbocycles. The Morgan fingerprint density at radius 1 is 1.21 bits per heavy atom. The maximum Gasteiger partial charge on any atom is 0.319 e. The van der Waals surface area contributed by atoms with E-state index in [0.29, 0.717) is 18.7 Å². The molecule has 2 N–H and O–H groups in total. The van der Waals surface area contributed by atoms with Crippen LogP contribution >= 0.6 is 0 Å². The van der Waals surface area contributed by atoms with Gasteiger partial charge in [-0.25, -0.2) is 19.2 Å². The second-order valence-corrected chi connectivity index (χ2v) is 5.10. The Morgan fingerprint density at radius 2 is 2.08 bits per heavy atom. The fraction of sp³-hybridized carbons (Fsp3) is 0.118. The van der Waals surface area contributed by atoms with Gasteiger partial charge in [-0.1, -0.05) is 12.1 Å². The monoisotopic (exact) mass is 325 g/mol. The molecule has 3 rings (SSSR count). The first kappa shape index (κ1) is 15.7. The molecule has 0 bridgehead atoms. The van der Waals surface area contributed by atoms with Gasteiger partial charge in [0.2, 0.25) is 0 Å². The molecule has 6 nitrogen and oxygen atoms in total. The summed E-state index contributed by atoms with van der Waals surface area (Å²) in [6.07, 6.45) is 5.76. The lowest BCUT2D eigenvalue weighted by molar-refractivity contribution is 0.252. The highest BCUT2D eigenvalue weighted by Crippen LogP contribution is 2.09. The number of pyridine rings is 1. The second kappa shape index (κ2) is 7.36. The van der Waals surface area contributed by atoms with Crippen molar-refractivity contribution in [2.45, 2.75) is 6.42 Å². The summed E-state index contributed by atoms with van der Waals surface area (Å²) in [7, 11) is 0. The molecule has 7 heteroatoms. The van der Waals surface area contributed by atoms with Crippen LogP contribution in [0.25, 0.3) is 5.82 Å². The number of carbonyl (C=O) groups is 1. The molecular formula is C17H16FN5O. The highest BCUT2D eigenvalue weighted by atomic mass is 19.1. The van der Waals surface area contributed by atoms with Crippen LogP contribution in [0.2, 0.25) is 0 Å². The van der Waals surface area contributed by atoms with Gasteiger partial charge >= 0.3 is 6.03 Å². The van der Waals surface area contributed by atoms with Crippen LogP contribution < -0.4 is 10.6 Å². The van der Waals surface area contributed by atoms with E-state index in [2.05, 4.69) is 20.6 Å². The van der Waals surface area contributed by atoms with E-state index in [1.807, 2.05) is 29.0 Å². The summed E-state index contributed by atoms with van der Waals surface area (Å²) < 4.78 is 14.9. The van der Waals surface area contributed by atoms with Gasteiger partial charge in [0, 0.05) is 36.7 Å². The number of hydrogen-bond acceptors (Lipinski definition) is 3. The molecule has 2 aromatic heterocycles. The zero-order valence-electron chi connectivity index (χ0n) is 12.8. The van der Waals surface area contributed by atoms with Gasteiger partial charge in [0.25, 0.3) is 0 Å². The fourth-order valence-corrected chi connectivity index (χ4v) is 2.19. The summed E-state index contributed by atoms with van der Waals surface area (Å²) in [6, 6.07) is 11.0. The van der Waals surface area contributed by atoms with Gasteiger partial charge in [-0.2, -0.15) is 0 Å². The van der Waals surface area contributed by atoms with Crippen LogP contribution in [0.5, 0.6) is 0 Å². The molecule has 0 saturated carbocycles. The Balaban J connectivity index is 1.51. The molecule has 0 fully saturated rings. The molecule has 2 amide bonds. The molecule has 0 aliphatic heterocycles. The topological polar surface area (TPSA) is 71.8 Å². The first-order valence-corrected chi connectivity index (χ1v) is 7.45. The van der Waals surface area contributed by atoms with Crippen molar-refractivity contribution in [1.82, 2.24) is 19.9 Å². The van der Waals surface area contributed by atoms with Crippen LogP contribution in [0.3, 0.4) is 0 Å². The van der Waals surface area contributed by atoms with Gasteiger partial charge < -0.3 is 10.6 Å². The number of amides is 2. The Bertz CT molecular complexity index is 819. The first-order valence-electron chi connectivity index (χ1n) is 7.45. The molecule has 122 valence electrons. The van der Waals surface area contributed by atoms with Crippen LogP contribution in [0.4, 0.5) is 14.9 Å².